The second-order valence-corrected chi connectivity index (χ2v) is 7.07. The number of aryl methyl sites for hydroxylation is 2. The van der Waals surface area contributed by atoms with Gasteiger partial charge in [0.25, 0.3) is 0 Å². The molecule has 0 aliphatic carbocycles. The minimum atomic E-state index is -4.42. The van der Waals surface area contributed by atoms with Crippen LogP contribution in [-0.4, -0.2) is 15.9 Å². The van der Waals surface area contributed by atoms with Crippen LogP contribution in [0.2, 0.25) is 0 Å². The minimum Gasteiger partial charge on any atom is -0.366 e. The summed E-state index contributed by atoms with van der Waals surface area (Å²) in [5.41, 5.74) is 2.42. The highest BCUT2D eigenvalue weighted by molar-refractivity contribution is 5.89. The van der Waals surface area contributed by atoms with Crippen LogP contribution in [0.4, 0.5) is 36.3 Å². The number of carbonyl (C=O) groups excluding carboxylic acids is 1. The fourth-order valence-electron chi connectivity index (χ4n) is 3.01. The van der Waals surface area contributed by atoms with E-state index in [2.05, 4.69) is 25.9 Å². The normalized spacial score (nSPS) is 11.2. The number of halogens is 3. The average Bonchev–Trinajstić information content (AvgIpc) is 2.70. The fourth-order valence-corrected chi connectivity index (χ4v) is 3.01. The summed E-state index contributed by atoms with van der Waals surface area (Å²) < 4.78 is 39.6. The molecule has 3 aromatic rings. The zero-order valence-electron chi connectivity index (χ0n) is 17.3. The number of aromatic nitrogens is 2. The molecule has 0 aliphatic heterocycles. The Hall–Kier alpha value is -3.62. The Morgan fingerprint density at radius 1 is 1.06 bits per heavy atom. The predicted octanol–water partition coefficient (Wildman–Crippen LogP) is 5.43. The number of anilines is 4. The van der Waals surface area contributed by atoms with Crippen LogP contribution in [0.15, 0.2) is 48.7 Å². The first-order valence-corrected chi connectivity index (χ1v) is 9.51. The molecule has 0 unspecified atom stereocenters. The van der Waals surface area contributed by atoms with Gasteiger partial charge in [-0.05, 0) is 49.2 Å². The van der Waals surface area contributed by atoms with Gasteiger partial charge in [0.1, 0.15) is 5.82 Å². The molecule has 0 spiro atoms. The molecule has 31 heavy (non-hydrogen) atoms. The van der Waals surface area contributed by atoms with E-state index in [1.807, 2.05) is 13.0 Å². The molecule has 2 aromatic carbocycles. The Morgan fingerprint density at radius 2 is 1.81 bits per heavy atom. The number of nitrogens with zero attached hydrogens (tertiary/aromatic N) is 2. The van der Waals surface area contributed by atoms with E-state index in [0.29, 0.717) is 28.7 Å². The molecule has 9 heteroatoms. The quantitative estimate of drug-likeness (QED) is 0.487. The largest absolute Gasteiger partial charge is 0.416 e. The summed E-state index contributed by atoms with van der Waals surface area (Å²) in [5, 5.41) is 8.78. The first-order chi connectivity index (χ1) is 14.6. The number of amides is 1. The van der Waals surface area contributed by atoms with Crippen molar-refractivity contribution in [2.45, 2.75) is 33.5 Å². The molecule has 3 N–H and O–H groups in total. The lowest BCUT2D eigenvalue weighted by molar-refractivity contribution is -0.138. The lowest BCUT2D eigenvalue weighted by Gasteiger charge is -2.15. The van der Waals surface area contributed by atoms with Crippen molar-refractivity contribution in [2.24, 2.45) is 0 Å². The van der Waals surface area contributed by atoms with E-state index in [9.17, 15) is 18.0 Å². The lowest BCUT2D eigenvalue weighted by Crippen LogP contribution is -2.13. The number of nitrogens with one attached hydrogen (secondary N) is 3. The van der Waals surface area contributed by atoms with Crippen molar-refractivity contribution in [3.63, 3.8) is 0 Å². The van der Waals surface area contributed by atoms with Gasteiger partial charge in [0.05, 0.1) is 5.56 Å². The van der Waals surface area contributed by atoms with Gasteiger partial charge in [-0.15, -0.1) is 0 Å². The lowest BCUT2D eigenvalue weighted by atomic mass is 10.1. The van der Waals surface area contributed by atoms with E-state index >= 15 is 0 Å². The van der Waals surface area contributed by atoms with Crippen molar-refractivity contribution >= 4 is 29.0 Å². The van der Waals surface area contributed by atoms with Gasteiger partial charge in [-0.1, -0.05) is 18.2 Å². The molecule has 0 atom stereocenters. The van der Waals surface area contributed by atoms with Gasteiger partial charge >= 0.3 is 6.18 Å². The Morgan fingerprint density at radius 3 is 2.48 bits per heavy atom. The molecule has 0 bridgehead atoms. The number of benzene rings is 2. The Labute approximate surface area is 177 Å². The van der Waals surface area contributed by atoms with Crippen LogP contribution in [0.25, 0.3) is 0 Å². The van der Waals surface area contributed by atoms with Crippen molar-refractivity contribution in [1.82, 2.24) is 9.97 Å². The molecule has 1 heterocycles. The molecule has 6 nitrogen and oxygen atoms in total. The molecule has 0 aliphatic rings. The van der Waals surface area contributed by atoms with Crippen LogP contribution in [0.1, 0.15) is 29.2 Å². The number of rotatable bonds is 6. The highest BCUT2D eigenvalue weighted by Crippen LogP contribution is 2.32. The van der Waals surface area contributed by atoms with Crippen molar-refractivity contribution in [2.75, 3.05) is 16.0 Å². The number of carbonyl (C=O) groups is 1. The summed E-state index contributed by atoms with van der Waals surface area (Å²) >= 11 is 0. The predicted molar refractivity (Wildman–Crippen MR) is 114 cm³/mol. The highest BCUT2D eigenvalue weighted by Gasteiger charge is 2.32. The van der Waals surface area contributed by atoms with Crippen LogP contribution in [0, 0.1) is 13.8 Å². The van der Waals surface area contributed by atoms with Crippen LogP contribution in [0.5, 0.6) is 0 Å². The molecule has 0 radical (unpaired) electrons. The van der Waals surface area contributed by atoms with Gasteiger partial charge in [-0.2, -0.15) is 18.2 Å². The summed E-state index contributed by atoms with van der Waals surface area (Å²) in [6.45, 7) is 5.04. The van der Waals surface area contributed by atoms with Crippen LogP contribution >= 0.6 is 0 Å². The van der Waals surface area contributed by atoms with Gasteiger partial charge in [-0.3, -0.25) is 4.79 Å². The molecule has 1 amide bonds. The van der Waals surface area contributed by atoms with Crippen LogP contribution in [-0.2, 0) is 17.5 Å². The standard InChI is InChI=1S/C22H22F3N5O/c1-13-10-17(8-9-19(13)28-15(3)31)29-21-27-11-14(2)20(30-21)26-12-16-6-4-5-7-18(16)22(23,24)25/h4-11H,12H2,1-3H3,(H,28,31)(H2,26,27,29,30). The smallest absolute Gasteiger partial charge is 0.366 e. The number of alkyl halides is 3. The molecular formula is C22H22F3N5O. The number of hydrogen-bond donors (Lipinski definition) is 3. The zero-order chi connectivity index (χ0) is 22.6. The third-order valence-electron chi connectivity index (χ3n) is 4.53. The molecular weight excluding hydrogens is 407 g/mol. The third-order valence-corrected chi connectivity index (χ3v) is 4.53. The van der Waals surface area contributed by atoms with E-state index < -0.39 is 11.7 Å². The average molecular weight is 429 g/mol. The SMILES string of the molecule is CC(=O)Nc1ccc(Nc2ncc(C)c(NCc3ccccc3C(F)(F)F)n2)cc1C. The van der Waals surface area contributed by atoms with Crippen molar-refractivity contribution in [3.8, 4) is 0 Å². The van der Waals surface area contributed by atoms with Crippen molar-refractivity contribution in [3.05, 3.63) is 70.9 Å². The van der Waals surface area contributed by atoms with Gasteiger partial charge in [0, 0.05) is 36.6 Å². The second kappa shape index (κ2) is 9.03. The Bertz CT molecular complexity index is 1100. The van der Waals surface area contributed by atoms with Crippen molar-refractivity contribution in [1.29, 1.82) is 0 Å². The summed E-state index contributed by atoms with van der Waals surface area (Å²) in [6, 6.07) is 10.8. The van der Waals surface area contributed by atoms with Gasteiger partial charge < -0.3 is 16.0 Å². The fraction of sp³-hybridized carbons (Fsp3) is 0.227. The van der Waals surface area contributed by atoms with E-state index in [0.717, 1.165) is 11.6 Å². The molecule has 0 saturated heterocycles. The first-order valence-electron chi connectivity index (χ1n) is 9.51. The highest BCUT2D eigenvalue weighted by atomic mass is 19.4. The van der Waals surface area contributed by atoms with E-state index in [4.69, 9.17) is 0 Å². The molecule has 162 valence electrons. The van der Waals surface area contributed by atoms with E-state index in [1.165, 1.54) is 19.1 Å². The zero-order valence-corrected chi connectivity index (χ0v) is 17.3. The van der Waals surface area contributed by atoms with Gasteiger partial charge in [-0.25, -0.2) is 4.98 Å². The van der Waals surface area contributed by atoms with Crippen LogP contribution in [0.3, 0.4) is 0 Å². The molecule has 1 aromatic heterocycles. The summed E-state index contributed by atoms with van der Waals surface area (Å²) in [7, 11) is 0. The summed E-state index contributed by atoms with van der Waals surface area (Å²) in [4.78, 5) is 19.9. The number of hydrogen-bond acceptors (Lipinski definition) is 5. The molecule has 0 saturated carbocycles. The topological polar surface area (TPSA) is 78.9 Å². The maximum Gasteiger partial charge on any atom is 0.416 e. The second-order valence-electron chi connectivity index (χ2n) is 7.07. The monoisotopic (exact) mass is 429 g/mol. The Kier molecular flexibility index (Phi) is 6.43. The summed E-state index contributed by atoms with van der Waals surface area (Å²) in [6.07, 6.45) is -2.83. The Balaban J connectivity index is 1.76. The molecule has 0 fully saturated rings. The summed E-state index contributed by atoms with van der Waals surface area (Å²) in [5.74, 6) is 0.568. The van der Waals surface area contributed by atoms with E-state index in [1.54, 1.807) is 31.3 Å². The van der Waals surface area contributed by atoms with E-state index in [-0.39, 0.29) is 18.0 Å². The van der Waals surface area contributed by atoms with Gasteiger partial charge in [0.2, 0.25) is 11.9 Å². The van der Waals surface area contributed by atoms with Gasteiger partial charge in [0.15, 0.2) is 0 Å². The van der Waals surface area contributed by atoms with Crippen LogP contribution < -0.4 is 16.0 Å². The third kappa shape index (κ3) is 5.71. The molecule has 3 rings (SSSR count). The maximum atomic E-state index is 13.2. The first kappa shape index (κ1) is 22.1. The van der Waals surface area contributed by atoms with Crippen molar-refractivity contribution < 1.29 is 18.0 Å². The maximum absolute atomic E-state index is 13.2. The minimum absolute atomic E-state index is 0.0303.